The van der Waals surface area contributed by atoms with Crippen molar-refractivity contribution in [3.05, 3.63) is 30.1 Å². The Kier molecular flexibility index (Phi) is 4.04. The summed E-state index contributed by atoms with van der Waals surface area (Å²) in [5.41, 5.74) is 3.29. The van der Waals surface area contributed by atoms with Crippen molar-refractivity contribution < 1.29 is 14.0 Å². The molecule has 2 aliphatic heterocycles. The van der Waals surface area contributed by atoms with Crippen LogP contribution in [0.3, 0.4) is 0 Å². The molecule has 0 saturated carbocycles. The number of carbonyl (C=O) groups is 2. The number of hydrazone groups is 1. The number of piperazine rings is 1. The van der Waals surface area contributed by atoms with Crippen LogP contribution in [0.4, 0.5) is 10.1 Å². The molecule has 1 aromatic rings. The number of rotatable bonds is 2. The molecule has 1 aromatic carbocycles. The minimum atomic E-state index is -0.248. The Balaban J connectivity index is 1.61. The Labute approximate surface area is 127 Å². The number of carbonyl (C=O) groups excluding carboxylic acids is 2. The summed E-state index contributed by atoms with van der Waals surface area (Å²) in [4.78, 5) is 27.0. The van der Waals surface area contributed by atoms with Crippen LogP contribution in [-0.4, -0.2) is 48.6 Å². The van der Waals surface area contributed by atoms with Gasteiger partial charge in [-0.05, 0) is 12.1 Å². The topological polar surface area (TPSA) is 65.0 Å². The highest BCUT2D eigenvalue weighted by atomic mass is 19.1. The highest BCUT2D eigenvalue weighted by molar-refractivity contribution is 6.39. The van der Waals surface area contributed by atoms with Gasteiger partial charge in [0.1, 0.15) is 11.5 Å². The lowest BCUT2D eigenvalue weighted by molar-refractivity contribution is -0.124. The molecule has 0 atom stereocenters. The van der Waals surface area contributed by atoms with E-state index in [1.165, 1.54) is 6.07 Å². The third-order valence-electron chi connectivity index (χ3n) is 3.91. The Hall–Kier alpha value is -2.44. The summed E-state index contributed by atoms with van der Waals surface area (Å²) in [6.07, 6.45) is 0.665. The fourth-order valence-electron chi connectivity index (χ4n) is 2.67. The molecule has 0 spiro atoms. The van der Waals surface area contributed by atoms with E-state index in [4.69, 9.17) is 0 Å². The van der Waals surface area contributed by atoms with Crippen LogP contribution >= 0.6 is 0 Å². The van der Waals surface area contributed by atoms with E-state index in [1.54, 1.807) is 23.1 Å². The summed E-state index contributed by atoms with van der Waals surface area (Å²) in [5, 5.41) is 3.83. The average Bonchev–Trinajstić information content (AvgIpc) is 2.56. The molecule has 2 amide bonds. The molecule has 0 radical (unpaired) electrons. The maximum atomic E-state index is 13.8. The van der Waals surface area contributed by atoms with E-state index in [-0.39, 0.29) is 17.6 Å². The van der Waals surface area contributed by atoms with Crippen LogP contribution in [0.5, 0.6) is 0 Å². The summed E-state index contributed by atoms with van der Waals surface area (Å²) < 4.78 is 13.8. The molecule has 1 N–H and O–H groups in total. The number of benzene rings is 1. The molecule has 0 bridgehead atoms. The van der Waals surface area contributed by atoms with Crippen molar-refractivity contribution in [1.29, 1.82) is 0 Å². The summed E-state index contributed by atoms with van der Waals surface area (Å²) in [6, 6.07) is 6.64. The standard InChI is InChI=1S/C15H17FN4O2/c16-11-3-1-2-4-13(11)19-7-9-20(10-8-19)15(22)12-5-6-14(21)18-17-12/h1-4H,5-10H2,(H,18,21). The first kappa shape index (κ1) is 14.5. The lowest BCUT2D eigenvalue weighted by Gasteiger charge is -2.36. The number of para-hydroxylation sites is 1. The van der Waals surface area contributed by atoms with Gasteiger partial charge in [0.15, 0.2) is 0 Å². The number of nitrogens with one attached hydrogen (secondary N) is 1. The lowest BCUT2D eigenvalue weighted by atomic mass is 10.1. The van der Waals surface area contributed by atoms with Crippen LogP contribution in [-0.2, 0) is 9.59 Å². The van der Waals surface area contributed by atoms with Crippen LogP contribution in [0.1, 0.15) is 12.8 Å². The second-order valence-electron chi connectivity index (χ2n) is 5.32. The van der Waals surface area contributed by atoms with Crippen LogP contribution in [0, 0.1) is 5.82 Å². The minimum Gasteiger partial charge on any atom is -0.366 e. The monoisotopic (exact) mass is 304 g/mol. The predicted octanol–water partition coefficient (Wildman–Crippen LogP) is 0.740. The lowest BCUT2D eigenvalue weighted by Crippen LogP contribution is -2.51. The number of amides is 2. The van der Waals surface area contributed by atoms with Gasteiger partial charge in [0.2, 0.25) is 5.91 Å². The van der Waals surface area contributed by atoms with Crippen molar-refractivity contribution >= 4 is 23.2 Å². The quantitative estimate of drug-likeness (QED) is 0.876. The molecule has 2 heterocycles. The largest absolute Gasteiger partial charge is 0.366 e. The zero-order valence-corrected chi connectivity index (χ0v) is 12.1. The van der Waals surface area contributed by atoms with Gasteiger partial charge in [-0.1, -0.05) is 12.1 Å². The summed E-state index contributed by atoms with van der Waals surface area (Å²) >= 11 is 0. The maximum absolute atomic E-state index is 13.8. The van der Waals surface area contributed by atoms with E-state index >= 15 is 0 Å². The van der Waals surface area contributed by atoms with Crippen molar-refractivity contribution in [2.75, 3.05) is 31.1 Å². The van der Waals surface area contributed by atoms with Gasteiger partial charge in [-0.2, -0.15) is 5.10 Å². The Morgan fingerprint density at radius 1 is 1.14 bits per heavy atom. The van der Waals surface area contributed by atoms with Gasteiger partial charge >= 0.3 is 0 Å². The number of anilines is 1. The van der Waals surface area contributed by atoms with Crippen molar-refractivity contribution in [2.24, 2.45) is 5.10 Å². The molecule has 0 aliphatic carbocycles. The summed E-state index contributed by atoms with van der Waals surface area (Å²) in [5.74, 6) is -0.559. The van der Waals surface area contributed by atoms with Crippen LogP contribution in [0.2, 0.25) is 0 Å². The molecule has 116 valence electrons. The Morgan fingerprint density at radius 2 is 1.86 bits per heavy atom. The van der Waals surface area contributed by atoms with Crippen molar-refractivity contribution in [3.63, 3.8) is 0 Å². The number of halogens is 1. The molecule has 0 aromatic heterocycles. The zero-order valence-electron chi connectivity index (χ0n) is 12.1. The highest BCUT2D eigenvalue weighted by Crippen LogP contribution is 2.20. The van der Waals surface area contributed by atoms with Gasteiger partial charge < -0.3 is 9.80 Å². The smallest absolute Gasteiger partial charge is 0.270 e. The molecular weight excluding hydrogens is 287 g/mol. The fourth-order valence-corrected chi connectivity index (χ4v) is 2.67. The molecule has 3 rings (SSSR count). The highest BCUT2D eigenvalue weighted by Gasteiger charge is 2.27. The first-order valence-electron chi connectivity index (χ1n) is 7.29. The summed E-state index contributed by atoms with van der Waals surface area (Å²) in [6.45, 7) is 2.18. The summed E-state index contributed by atoms with van der Waals surface area (Å²) in [7, 11) is 0. The maximum Gasteiger partial charge on any atom is 0.270 e. The van der Waals surface area contributed by atoms with Gasteiger partial charge in [-0.25, -0.2) is 9.82 Å². The van der Waals surface area contributed by atoms with Crippen LogP contribution < -0.4 is 10.3 Å². The van der Waals surface area contributed by atoms with Crippen molar-refractivity contribution in [2.45, 2.75) is 12.8 Å². The van der Waals surface area contributed by atoms with Crippen molar-refractivity contribution in [1.82, 2.24) is 10.3 Å². The minimum absolute atomic E-state index is 0.145. The van der Waals surface area contributed by atoms with Gasteiger partial charge in [-0.3, -0.25) is 9.59 Å². The SMILES string of the molecule is O=C1CCC(C(=O)N2CCN(c3ccccc3F)CC2)=NN1. The Morgan fingerprint density at radius 3 is 2.50 bits per heavy atom. The van der Waals surface area contributed by atoms with E-state index in [1.807, 2.05) is 4.90 Å². The zero-order chi connectivity index (χ0) is 15.5. The van der Waals surface area contributed by atoms with Crippen LogP contribution in [0.25, 0.3) is 0 Å². The molecule has 1 fully saturated rings. The number of hydrogen-bond donors (Lipinski definition) is 1. The molecule has 6 nitrogen and oxygen atoms in total. The number of hydrogen-bond acceptors (Lipinski definition) is 4. The fraction of sp³-hybridized carbons (Fsp3) is 0.400. The van der Waals surface area contributed by atoms with E-state index in [0.29, 0.717) is 50.4 Å². The first-order chi connectivity index (χ1) is 10.6. The van der Waals surface area contributed by atoms with Crippen LogP contribution in [0.15, 0.2) is 29.4 Å². The second kappa shape index (κ2) is 6.13. The van der Waals surface area contributed by atoms with Gasteiger partial charge in [0.05, 0.1) is 5.69 Å². The van der Waals surface area contributed by atoms with Gasteiger partial charge in [-0.15, -0.1) is 0 Å². The normalized spacial score (nSPS) is 18.8. The van der Waals surface area contributed by atoms with Gasteiger partial charge in [0.25, 0.3) is 5.91 Å². The molecule has 22 heavy (non-hydrogen) atoms. The molecule has 2 aliphatic rings. The van der Waals surface area contributed by atoms with Gasteiger partial charge in [0, 0.05) is 39.0 Å². The molecular formula is C15H17FN4O2. The van der Waals surface area contributed by atoms with E-state index < -0.39 is 0 Å². The predicted molar refractivity (Wildman–Crippen MR) is 80.0 cm³/mol. The van der Waals surface area contributed by atoms with E-state index in [0.717, 1.165) is 0 Å². The number of nitrogens with zero attached hydrogens (tertiary/aromatic N) is 3. The molecule has 7 heteroatoms. The van der Waals surface area contributed by atoms with Crippen molar-refractivity contribution in [3.8, 4) is 0 Å². The first-order valence-corrected chi connectivity index (χ1v) is 7.29. The Bertz CT molecular complexity index is 624. The molecule has 0 unspecified atom stereocenters. The van der Waals surface area contributed by atoms with E-state index in [2.05, 4.69) is 10.5 Å². The third-order valence-corrected chi connectivity index (χ3v) is 3.91. The average molecular weight is 304 g/mol. The van der Waals surface area contributed by atoms with E-state index in [9.17, 15) is 14.0 Å². The second-order valence-corrected chi connectivity index (χ2v) is 5.32. The third kappa shape index (κ3) is 2.93. The molecule has 1 saturated heterocycles.